The van der Waals surface area contributed by atoms with Gasteiger partial charge < -0.3 is 29.6 Å². The highest BCUT2D eigenvalue weighted by molar-refractivity contribution is 14.0. The zero-order valence-electron chi connectivity index (χ0n) is 18.0. The number of nitrogens with zero attached hydrogens (tertiary/aromatic N) is 2. The molecule has 1 aromatic rings. The standard InChI is InChI=1S/C20H30F2N4O4.HI/c1-4-23-20(24-9-13(2)26-5-6-27-11-14(26)3)25-10-15-7-17-18(29-12-28-17)8-16(15)30-19(21)22;/h7-8,13-14,19H,4-6,9-12H2,1-3H3,(H2,23,24,25);1H. The molecule has 0 aliphatic carbocycles. The predicted molar refractivity (Wildman–Crippen MR) is 124 cm³/mol. The molecule has 2 aliphatic rings. The molecule has 1 saturated heterocycles. The minimum absolute atomic E-state index is 0. The van der Waals surface area contributed by atoms with Crippen LogP contribution in [0, 0.1) is 0 Å². The second-order valence-corrected chi connectivity index (χ2v) is 7.28. The molecular formula is C20H31F2IN4O4. The SMILES string of the molecule is CCNC(=NCc1cc2c(cc1OC(F)F)OCO2)NCC(C)N1CCOCC1C.I. The maximum atomic E-state index is 12.8. The van der Waals surface area contributed by atoms with Crippen LogP contribution in [0.4, 0.5) is 8.78 Å². The molecule has 2 unspecified atom stereocenters. The number of ether oxygens (including phenoxy) is 4. The van der Waals surface area contributed by atoms with Crippen LogP contribution < -0.4 is 24.8 Å². The van der Waals surface area contributed by atoms with E-state index < -0.39 is 6.61 Å². The summed E-state index contributed by atoms with van der Waals surface area (Å²) in [5.41, 5.74) is 0.492. The third kappa shape index (κ3) is 7.21. The Labute approximate surface area is 198 Å². The quantitative estimate of drug-likeness (QED) is 0.290. The Morgan fingerprint density at radius 3 is 2.71 bits per heavy atom. The van der Waals surface area contributed by atoms with Crippen molar-refractivity contribution >= 4 is 29.9 Å². The van der Waals surface area contributed by atoms with Crippen molar-refractivity contribution in [1.29, 1.82) is 0 Å². The minimum atomic E-state index is -2.93. The number of alkyl halides is 2. The fraction of sp³-hybridized carbons (Fsp3) is 0.650. The second kappa shape index (κ2) is 12.4. The van der Waals surface area contributed by atoms with Crippen molar-refractivity contribution in [3.63, 3.8) is 0 Å². The number of morpholine rings is 1. The van der Waals surface area contributed by atoms with Crippen LogP contribution in [0.3, 0.4) is 0 Å². The molecule has 2 heterocycles. The first-order chi connectivity index (χ1) is 14.5. The Balaban J connectivity index is 0.00000341. The maximum Gasteiger partial charge on any atom is 0.387 e. The summed E-state index contributed by atoms with van der Waals surface area (Å²) >= 11 is 0. The van der Waals surface area contributed by atoms with Gasteiger partial charge in [0.25, 0.3) is 0 Å². The van der Waals surface area contributed by atoms with E-state index in [2.05, 4.69) is 39.1 Å². The van der Waals surface area contributed by atoms with Gasteiger partial charge in [-0.2, -0.15) is 8.78 Å². The molecule has 31 heavy (non-hydrogen) atoms. The van der Waals surface area contributed by atoms with Gasteiger partial charge in [-0.1, -0.05) is 0 Å². The molecule has 0 radical (unpaired) electrons. The predicted octanol–water partition coefficient (Wildman–Crippen LogP) is 2.80. The zero-order valence-corrected chi connectivity index (χ0v) is 20.4. The van der Waals surface area contributed by atoms with Crippen molar-refractivity contribution in [2.75, 3.05) is 39.6 Å². The summed E-state index contributed by atoms with van der Waals surface area (Å²) in [5, 5.41) is 6.52. The summed E-state index contributed by atoms with van der Waals surface area (Å²) < 4.78 is 46.4. The summed E-state index contributed by atoms with van der Waals surface area (Å²) in [4.78, 5) is 6.94. The van der Waals surface area contributed by atoms with E-state index in [1.54, 1.807) is 6.07 Å². The van der Waals surface area contributed by atoms with Gasteiger partial charge in [0, 0.05) is 43.3 Å². The molecule has 176 valence electrons. The van der Waals surface area contributed by atoms with E-state index in [1.807, 2.05) is 6.92 Å². The first-order valence-corrected chi connectivity index (χ1v) is 10.2. The summed E-state index contributed by atoms with van der Waals surface area (Å²) in [7, 11) is 0. The van der Waals surface area contributed by atoms with Crippen LogP contribution in [0.25, 0.3) is 0 Å². The Morgan fingerprint density at radius 1 is 1.29 bits per heavy atom. The fourth-order valence-corrected chi connectivity index (χ4v) is 3.56. The van der Waals surface area contributed by atoms with Crippen LogP contribution >= 0.6 is 24.0 Å². The van der Waals surface area contributed by atoms with Gasteiger partial charge in [-0.05, 0) is 26.8 Å². The number of rotatable bonds is 8. The van der Waals surface area contributed by atoms with Crippen LogP contribution in [-0.2, 0) is 11.3 Å². The molecule has 0 saturated carbocycles. The Hall–Kier alpha value is -1.60. The third-order valence-electron chi connectivity index (χ3n) is 5.07. The smallest absolute Gasteiger partial charge is 0.387 e. The van der Waals surface area contributed by atoms with E-state index in [-0.39, 0.29) is 49.1 Å². The van der Waals surface area contributed by atoms with Gasteiger partial charge >= 0.3 is 6.61 Å². The van der Waals surface area contributed by atoms with Crippen molar-refractivity contribution in [2.45, 2.75) is 46.0 Å². The molecule has 3 rings (SSSR count). The Bertz CT molecular complexity index is 741. The number of nitrogens with one attached hydrogen (secondary N) is 2. The lowest BCUT2D eigenvalue weighted by Crippen LogP contribution is -2.53. The van der Waals surface area contributed by atoms with Gasteiger partial charge in [0.2, 0.25) is 6.79 Å². The number of halogens is 3. The lowest BCUT2D eigenvalue weighted by atomic mass is 10.1. The number of hydrogen-bond donors (Lipinski definition) is 2. The molecule has 1 aromatic carbocycles. The van der Waals surface area contributed by atoms with Gasteiger partial charge in [-0.25, -0.2) is 4.99 Å². The molecule has 2 aliphatic heterocycles. The summed E-state index contributed by atoms with van der Waals surface area (Å²) in [6, 6.07) is 3.70. The first kappa shape index (κ1) is 25.7. The van der Waals surface area contributed by atoms with Crippen molar-refractivity contribution in [3.05, 3.63) is 17.7 Å². The summed E-state index contributed by atoms with van der Waals surface area (Å²) in [6.45, 7) is 7.28. The molecule has 0 bridgehead atoms. The summed E-state index contributed by atoms with van der Waals surface area (Å²) in [5.74, 6) is 1.52. The molecular weight excluding hydrogens is 525 g/mol. The average molecular weight is 556 g/mol. The maximum absolute atomic E-state index is 12.8. The lowest BCUT2D eigenvalue weighted by Gasteiger charge is -2.38. The number of aliphatic imine (C=N–C) groups is 1. The van der Waals surface area contributed by atoms with Crippen molar-refractivity contribution in [1.82, 2.24) is 15.5 Å². The number of hydrogen-bond acceptors (Lipinski definition) is 6. The van der Waals surface area contributed by atoms with E-state index in [0.717, 1.165) is 19.8 Å². The monoisotopic (exact) mass is 556 g/mol. The largest absolute Gasteiger partial charge is 0.454 e. The number of guanidine groups is 1. The summed E-state index contributed by atoms with van der Waals surface area (Å²) in [6.07, 6.45) is 0. The molecule has 11 heteroatoms. The van der Waals surface area contributed by atoms with Crippen LogP contribution in [0.1, 0.15) is 26.3 Å². The first-order valence-electron chi connectivity index (χ1n) is 10.2. The highest BCUT2D eigenvalue weighted by Gasteiger charge is 2.24. The Morgan fingerprint density at radius 2 is 2.03 bits per heavy atom. The molecule has 2 N–H and O–H groups in total. The van der Waals surface area contributed by atoms with Gasteiger partial charge in [0.15, 0.2) is 17.5 Å². The van der Waals surface area contributed by atoms with E-state index in [4.69, 9.17) is 14.2 Å². The van der Waals surface area contributed by atoms with Gasteiger partial charge in [0.05, 0.1) is 19.8 Å². The van der Waals surface area contributed by atoms with E-state index in [9.17, 15) is 8.78 Å². The number of benzene rings is 1. The molecule has 2 atom stereocenters. The second-order valence-electron chi connectivity index (χ2n) is 7.28. The molecule has 1 fully saturated rings. The van der Waals surface area contributed by atoms with Gasteiger partial charge in [-0.3, -0.25) is 4.90 Å². The molecule has 8 nitrogen and oxygen atoms in total. The minimum Gasteiger partial charge on any atom is -0.454 e. The van der Waals surface area contributed by atoms with E-state index >= 15 is 0 Å². The normalized spacial score (nSPS) is 19.7. The van der Waals surface area contributed by atoms with Gasteiger partial charge in [-0.15, -0.1) is 24.0 Å². The van der Waals surface area contributed by atoms with Crippen LogP contribution in [-0.4, -0.2) is 69.2 Å². The van der Waals surface area contributed by atoms with Crippen molar-refractivity contribution in [3.8, 4) is 17.2 Å². The molecule has 0 aromatic heterocycles. The zero-order chi connectivity index (χ0) is 21.5. The van der Waals surface area contributed by atoms with Crippen LogP contribution in [0.15, 0.2) is 17.1 Å². The Kier molecular flexibility index (Phi) is 10.3. The van der Waals surface area contributed by atoms with E-state index in [1.165, 1.54) is 6.07 Å². The fourth-order valence-electron chi connectivity index (χ4n) is 3.56. The highest BCUT2D eigenvalue weighted by Crippen LogP contribution is 2.39. The van der Waals surface area contributed by atoms with E-state index in [0.29, 0.717) is 42.2 Å². The van der Waals surface area contributed by atoms with Crippen molar-refractivity contribution in [2.24, 2.45) is 4.99 Å². The number of fused-ring (bicyclic) bond motifs is 1. The van der Waals surface area contributed by atoms with Gasteiger partial charge in [0.1, 0.15) is 5.75 Å². The molecule has 0 spiro atoms. The van der Waals surface area contributed by atoms with Crippen LogP contribution in [0.2, 0.25) is 0 Å². The highest BCUT2D eigenvalue weighted by atomic mass is 127. The lowest BCUT2D eigenvalue weighted by molar-refractivity contribution is -0.0505. The topological polar surface area (TPSA) is 76.6 Å². The third-order valence-corrected chi connectivity index (χ3v) is 5.07. The van der Waals surface area contributed by atoms with Crippen LogP contribution in [0.5, 0.6) is 17.2 Å². The molecule has 0 amide bonds. The average Bonchev–Trinajstić information content (AvgIpc) is 3.16. The van der Waals surface area contributed by atoms with Crippen molar-refractivity contribution < 1.29 is 27.7 Å².